The summed E-state index contributed by atoms with van der Waals surface area (Å²) in [7, 11) is 3.51. The number of carbonyl (C=O) groups is 1. The van der Waals surface area contributed by atoms with Crippen LogP contribution in [-0.2, 0) is 14.8 Å². The van der Waals surface area contributed by atoms with Crippen LogP contribution in [0.15, 0.2) is 71.6 Å². The number of amides is 1. The van der Waals surface area contributed by atoms with Crippen molar-refractivity contribution in [1.82, 2.24) is 19.4 Å². The van der Waals surface area contributed by atoms with Gasteiger partial charge in [0.1, 0.15) is 5.69 Å². The number of nitro groups is 1. The van der Waals surface area contributed by atoms with Crippen LogP contribution in [0.25, 0.3) is 0 Å². The number of halogens is 2. The summed E-state index contributed by atoms with van der Waals surface area (Å²) in [6.45, 7) is 2.05. The quantitative estimate of drug-likeness (QED) is 0.149. The van der Waals surface area contributed by atoms with Crippen LogP contribution >= 0.6 is 23.2 Å². The molecule has 11 nitrogen and oxygen atoms in total. The van der Waals surface area contributed by atoms with Gasteiger partial charge in [0, 0.05) is 29.2 Å². The second-order valence-corrected chi connectivity index (χ2v) is 13.7. The predicted octanol–water partition coefficient (Wildman–Crippen LogP) is 5.11. The number of nitro benzene ring substituents is 1. The van der Waals surface area contributed by atoms with E-state index in [4.69, 9.17) is 23.2 Å². The molecule has 0 saturated carbocycles. The molecule has 0 aliphatic carbocycles. The molecule has 45 heavy (non-hydrogen) atoms. The van der Waals surface area contributed by atoms with Crippen LogP contribution in [0.3, 0.4) is 0 Å². The summed E-state index contributed by atoms with van der Waals surface area (Å²) in [6, 6.07) is 16.9. The minimum atomic E-state index is -4.26. The van der Waals surface area contributed by atoms with E-state index in [2.05, 4.69) is 10.0 Å². The van der Waals surface area contributed by atoms with Crippen LogP contribution < -0.4 is 10.0 Å². The fourth-order valence-electron chi connectivity index (χ4n) is 4.72. The van der Waals surface area contributed by atoms with Crippen LogP contribution in [0.5, 0.6) is 0 Å². The molecule has 0 spiro atoms. The molecule has 1 amide bonds. The number of nitrogens with zero attached hydrogens (tertiary/aromatic N) is 4. The highest BCUT2D eigenvalue weighted by atomic mass is 35.5. The summed E-state index contributed by atoms with van der Waals surface area (Å²) in [5.41, 5.74) is 0.841. The molecule has 0 fully saturated rings. The third kappa shape index (κ3) is 10.7. The van der Waals surface area contributed by atoms with Gasteiger partial charge in [-0.15, -0.1) is 0 Å². The van der Waals surface area contributed by atoms with E-state index in [9.17, 15) is 23.3 Å². The molecular weight excluding hydrogens is 639 g/mol. The van der Waals surface area contributed by atoms with Gasteiger partial charge in [-0.25, -0.2) is 13.1 Å². The van der Waals surface area contributed by atoms with Crippen LogP contribution in [0, 0.1) is 10.1 Å². The summed E-state index contributed by atoms with van der Waals surface area (Å²) in [5, 5.41) is 16.2. The van der Waals surface area contributed by atoms with E-state index in [1.54, 1.807) is 53.4 Å². The minimum absolute atomic E-state index is 0.0628. The van der Waals surface area contributed by atoms with Gasteiger partial charge in [0.05, 0.1) is 22.4 Å². The van der Waals surface area contributed by atoms with E-state index in [0.717, 1.165) is 32.0 Å². The average Bonchev–Trinajstić information content (AvgIpc) is 2.98. The fraction of sp³-hybridized carbons (Fsp3) is 0.387. The van der Waals surface area contributed by atoms with Gasteiger partial charge in [-0.2, -0.15) is 0 Å². The zero-order valence-electron chi connectivity index (χ0n) is 25.9. The maximum Gasteiger partial charge on any atom is 0.293 e. The zero-order chi connectivity index (χ0) is 33.1. The first-order valence-electron chi connectivity index (χ1n) is 14.4. The lowest BCUT2D eigenvalue weighted by molar-refractivity contribution is -0.384. The molecule has 2 N–H and O–H groups in total. The third-order valence-corrected chi connectivity index (χ3v) is 9.13. The second kappa shape index (κ2) is 16.9. The van der Waals surface area contributed by atoms with Gasteiger partial charge in [-0.1, -0.05) is 59.6 Å². The standard InChI is InChI=1S/C31H40Cl2N6O5S/c1-36(2)17-9-19-38(20-10-18-37(3)4)30(40)22-34-45(43,44)23-15-16-28(29(21-23)39(41)42)35-31(24-11-5-7-13-26(24)32)25-12-6-8-14-27(25)33/h5-8,11-16,21,31,34-35H,9-10,17-20,22H2,1-4H3. The highest BCUT2D eigenvalue weighted by molar-refractivity contribution is 7.89. The Morgan fingerprint density at radius 2 is 1.36 bits per heavy atom. The summed E-state index contributed by atoms with van der Waals surface area (Å²) < 4.78 is 28.8. The fourth-order valence-corrected chi connectivity index (χ4v) is 6.20. The van der Waals surface area contributed by atoms with Crippen LogP contribution in [0.4, 0.5) is 11.4 Å². The van der Waals surface area contributed by atoms with E-state index in [1.807, 2.05) is 38.0 Å². The molecule has 0 radical (unpaired) electrons. The summed E-state index contributed by atoms with van der Waals surface area (Å²) in [4.78, 5) is 29.9. The van der Waals surface area contributed by atoms with Gasteiger partial charge in [0.15, 0.2) is 0 Å². The number of nitrogens with one attached hydrogen (secondary N) is 2. The zero-order valence-corrected chi connectivity index (χ0v) is 28.2. The molecule has 14 heteroatoms. The average molecular weight is 680 g/mol. The number of hydrogen-bond donors (Lipinski definition) is 2. The summed E-state index contributed by atoms with van der Waals surface area (Å²) in [5.74, 6) is -0.369. The van der Waals surface area contributed by atoms with Crippen LogP contribution in [0.2, 0.25) is 10.0 Å². The SMILES string of the molecule is CN(C)CCCN(CCCN(C)C)C(=O)CNS(=O)(=O)c1ccc(NC(c2ccccc2Cl)c2ccccc2Cl)c([N+](=O)[O-])c1. The van der Waals surface area contributed by atoms with E-state index in [1.165, 1.54) is 12.1 Å². The van der Waals surface area contributed by atoms with E-state index < -0.39 is 33.2 Å². The molecule has 0 heterocycles. The lowest BCUT2D eigenvalue weighted by Crippen LogP contribution is -2.42. The molecule has 3 rings (SSSR count). The number of benzene rings is 3. The monoisotopic (exact) mass is 678 g/mol. The lowest BCUT2D eigenvalue weighted by atomic mass is 9.98. The van der Waals surface area contributed by atoms with Crippen molar-refractivity contribution in [1.29, 1.82) is 0 Å². The number of hydrogen-bond acceptors (Lipinski definition) is 8. The Morgan fingerprint density at radius 1 is 0.844 bits per heavy atom. The highest BCUT2D eigenvalue weighted by Gasteiger charge is 2.27. The highest BCUT2D eigenvalue weighted by Crippen LogP contribution is 2.38. The van der Waals surface area contributed by atoms with Crippen LogP contribution in [-0.4, -0.2) is 94.9 Å². The Labute approximate surface area is 275 Å². The summed E-state index contributed by atoms with van der Waals surface area (Å²) >= 11 is 13.0. The lowest BCUT2D eigenvalue weighted by Gasteiger charge is -2.24. The number of sulfonamides is 1. The molecule has 0 saturated heterocycles. The first kappa shape index (κ1) is 36.2. The molecule has 0 unspecified atom stereocenters. The van der Waals surface area contributed by atoms with Crippen molar-refractivity contribution >= 4 is 50.5 Å². The molecule has 0 aliphatic rings. The number of rotatable bonds is 17. The normalized spacial score (nSPS) is 11.8. The molecule has 0 aliphatic heterocycles. The molecule has 244 valence electrons. The minimum Gasteiger partial charge on any atom is -0.368 e. The van der Waals surface area contributed by atoms with Gasteiger partial charge in [0.2, 0.25) is 15.9 Å². The number of carbonyl (C=O) groups excluding carboxylic acids is 1. The Morgan fingerprint density at radius 3 is 1.82 bits per heavy atom. The Kier molecular flexibility index (Phi) is 13.6. The Hall–Kier alpha value is -3.26. The van der Waals surface area contributed by atoms with E-state index in [-0.39, 0.29) is 16.5 Å². The van der Waals surface area contributed by atoms with E-state index >= 15 is 0 Å². The molecular formula is C31H40Cl2N6O5S. The van der Waals surface area contributed by atoms with E-state index in [0.29, 0.717) is 34.3 Å². The molecule has 0 bridgehead atoms. The molecule has 3 aromatic carbocycles. The van der Waals surface area contributed by atoms with Crippen molar-refractivity contribution in [3.8, 4) is 0 Å². The predicted molar refractivity (Wildman–Crippen MR) is 180 cm³/mol. The second-order valence-electron chi connectivity index (χ2n) is 11.1. The smallest absolute Gasteiger partial charge is 0.293 e. The Balaban J connectivity index is 1.84. The van der Waals surface area contributed by atoms with Crippen molar-refractivity contribution in [3.05, 3.63) is 98.0 Å². The van der Waals surface area contributed by atoms with Crippen molar-refractivity contribution in [2.45, 2.75) is 23.8 Å². The van der Waals surface area contributed by atoms with Crippen molar-refractivity contribution in [3.63, 3.8) is 0 Å². The largest absolute Gasteiger partial charge is 0.368 e. The first-order chi connectivity index (χ1) is 21.3. The topological polar surface area (TPSA) is 128 Å². The summed E-state index contributed by atoms with van der Waals surface area (Å²) in [6.07, 6.45) is 1.47. The van der Waals surface area contributed by atoms with Gasteiger partial charge >= 0.3 is 0 Å². The van der Waals surface area contributed by atoms with Gasteiger partial charge in [-0.05, 0) is 89.5 Å². The third-order valence-electron chi connectivity index (χ3n) is 7.04. The van der Waals surface area contributed by atoms with Gasteiger partial charge in [0.25, 0.3) is 5.69 Å². The van der Waals surface area contributed by atoms with Crippen molar-refractivity contribution in [2.75, 3.05) is 66.2 Å². The maximum atomic E-state index is 13.2. The molecule has 3 aromatic rings. The maximum absolute atomic E-state index is 13.2. The Bertz CT molecular complexity index is 1510. The first-order valence-corrected chi connectivity index (χ1v) is 16.6. The van der Waals surface area contributed by atoms with Crippen molar-refractivity contribution in [2.24, 2.45) is 0 Å². The number of anilines is 1. The van der Waals surface area contributed by atoms with Gasteiger partial charge in [-0.3, -0.25) is 14.9 Å². The molecule has 0 atom stereocenters. The molecule has 0 aromatic heterocycles. The van der Waals surface area contributed by atoms with Crippen molar-refractivity contribution < 1.29 is 18.1 Å². The van der Waals surface area contributed by atoms with Crippen LogP contribution in [0.1, 0.15) is 30.0 Å². The van der Waals surface area contributed by atoms with Gasteiger partial charge < -0.3 is 20.0 Å².